The third-order valence-electron chi connectivity index (χ3n) is 1.38. The number of amides is 1. The molecule has 0 spiro atoms. The zero-order valence-corrected chi connectivity index (χ0v) is 11.0. The van der Waals surface area contributed by atoms with Crippen LogP contribution in [0.4, 0.5) is 13.2 Å². The minimum atomic E-state index is -4.38. The predicted octanol–water partition coefficient (Wildman–Crippen LogP) is 2.03. The van der Waals surface area contributed by atoms with Gasteiger partial charge < -0.3 is 5.32 Å². The van der Waals surface area contributed by atoms with Crippen molar-refractivity contribution in [3.63, 3.8) is 0 Å². The molecule has 0 radical (unpaired) electrons. The van der Waals surface area contributed by atoms with Gasteiger partial charge in [0.05, 0.1) is 5.75 Å². The second kappa shape index (κ2) is 6.45. The van der Waals surface area contributed by atoms with Gasteiger partial charge in [0.2, 0.25) is 5.91 Å². The van der Waals surface area contributed by atoms with Crippen molar-refractivity contribution < 1.29 is 18.0 Å². The van der Waals surface area contributed by atoms with Crippen molar-refractivity contribution >= 4 is 40.8 Å². The quantitative estimate of drug-likeness (QED) is 0.844. The number of hydrogen-bond donors (Lipinski definition) is 1. The highest BCUT2D eigenvalue weighted by atomic mass is 32.2. The summed E-state index contributed by atoms with van der Waals surface area (Å²) in [5.74, 6) is -0.771. The maximum Gasteiger partial charge on any atom is 0.405 e. The van der Waals surface area contributed by atoms with Gasteiger partial charge in [-0.1, -0.05) is 34.9 Å². The lowest BCUT2D eigenvalue weighted by Gasteiger charge is -2.07. The monoisotopic (exact) mass is 303 g/mol. The first kappa shape index (κ1) is 14.6. The van der Waals surface area contributed by atoms with Crippen molar-refractivity contribution in [2.45, 2.75) is 14.9 Å². The summed E-state index contributed by atoms with van der Waals surface area (Å²) < 4.78 is 36.7. The molecule has 1 aromatic rings. The molecule has 0 aliphatic rings. The van der Waals surface area contributed by atoms with E-state index in [-0.39, 0.29) is 5.75 Å². The summed E-state index contributed by atoms with van der Waals surface area (Å²) in [6, 6.07) is 0. The molecular formula is C7H8F3N3OS3. The fourth-order valence-corrected chi connectivity index (χ4v) is 2.98. The maximum atomic E-state index is 11.8. The fourth-order valence-electron chi connectivity index (χ4n) is 0.715. The Labute approximate surface area is 108 Å². The molecule has 0 fully saturated rings. The van der Waals surface area contributed by atoms with Crippen LogP contribution in [0.5, 0.6) is 0 Å². The van der Waals surface area contributed by atoms with E-state index in [4.69, 9.17) is 0 Å². The Bertz CT molecular complexity index is 382. The van der Waals surface area contributed by atoms with Crippen molar-refractivity contribution in [2.75, 3.05) is 18.6 Å². The molecule has 0 saturated carbocycles. The lowest BCUT2D eigenvalue weighted by Crippen LogP contribution is -2.34. The molecular weight excluding hydrogens is 295 g/mol. The first-order valence-electron chi connectivity index (χ1n) is 4.24. The Morgan fingerprint density at radius 3 is 2.59 bits per heavy atom. The van der Waals surface area contributed by atoms with Gasteiger partial charge in [-0.05, 0) is 6.26 Å². The molecule has 1 rings (SSSR count). The van der Waals surface area contributed by atoms with Crippen LogP contribution in [0.25, 0.3) is 0 Å². The Hall–Kier alpha value is -0.480. The highest BCUT2D eigenvalue weighted by molar-refractivity contribution is 8.03. The summed E-state index contributed by atoms with van der Waals surface area (Å²) >= 11 is 3.79. The van der Waals surface area contributed by atoms with Crippen molar-refractivity contribution in [1.82, 2.24) is 15.5 Å². The van der Waals surface area contributed by atoms with E-state index < -0.39 is 18.6 Å². The van der Waals surface area contributed by atoms with Gasteiger partial charge in [0.15, 0.2) is 8.68 Å². The average molecular weight is 303 g/mol. The molecule has 1 aromatic heterocycles. The van der Waals surface area contributed by atoms with Gasteiger partial charge in [-0.15, -0.1) is 10.2 Å². The Morgan fingerprint density at radius 1 is 1.41 bits per heavy atom. The molecule has 0 bridgehead atoms. The van der Waals surface area contributed by atoms with E-state index in [2.05, 4.69) is 10.2 Å². The Morgan fingerprint density at radius 2 is 2.06 bits per heavy atom. The molecule has 1 heterocycles. The van der Waals surface area contributed by atoms with Crippen LogP contribution < -0.4 is 5.32 Å². The van der Waals surface area contributed by atoms with Crippen LogP contribution >= 0.6 is 34.9 Å². The summed E-state index contributed by atoms with van der Waals surface area (Å²) in [4.78, 5) is 11.1. The second-order valence-corrected chi connectivity index (χ2v) is 5.97. The van der Waals surface area contributed by atoms with Crippen molar-refractivity contribution in [2.24, 2.45) is 0 Å². The predicted molar refractivity (Wildman–Crippen MR) is 61.5 cm³/mol. The highest BCUT2D eigenvalue weighted by Crippen LogP contribution is 2.27. The number of hydrogen-bond acceptors (Lipinski definition) is 6. The standard InChI is InChI=1S/C7H8F3N3OS3/c1-15-5-12-13-6(17-5)16-2-4(14)11-3-7(8,9)10/h2-3H2,1H3,(H,11,14). The molecule has 10 heteroatoms. The van der Waals surface area contributed by atoms with Gasteiger partial charge in [0.1, 0.15) is 6.54 Å². The lowest BCUT2D eigenvalue weighted by atomic mass is 10.6. The Kier molecular flexibility index (Phi) is 5.53. The second-order valence-electron chi connectivity index (χ2n) is 2.72. The summed E-state index contributed by atoms with van der Waals surface area (Å²) in [6.07, 6.45) is -2.54. The van der Waals surface area contributed by atoms with Crippen LogP contribution in [0.3, 0.4) is 0 Å². The summed E-state index contributed by atoms with van der Waals surface area (Å²) in [6.45, 7) is -1.31. The number of nitrogens with zero attached hydrogens (tertiary/aromatic N) is 2. The molecule has 0 aromatic carbocycles. The fraction of sp³-hybridized carbons (Fsp3) is 0.571. The lowest BCUT2D eigenvalue weighted by molar-refractivity contribution is -0.136. The van der Waals surface area contributed by atoms with Crippen molar-refractivity contribution in [3.8, 4) is 0 Å². The van der Waals surface area contributed by atoms with Crippen LogP contribution in [0.1, 0.15) is 0 Å². The number of thioether (sulfide) groups is 2. The highest BCUT2D eigenvalue weighted by Gasteiger charge is 2.27. The van der Waals surface area contributed by atoms with Crippen LogP contribution in [-0.4, -0.2) is 40.8 Å². The van der Waals surface area contributed by atoms with E-state index in [1.54, 1.807) is 5.32 Å². The van der Waals surface area contributed by atoms with Gasteiger partial charge >= 0.3 is 6.18 Å². The molecule has 4 nitrogen and oxygen atoms in total. The summed E-state index contributed by atoms with van der Waals surface area (Å²) in [5.41, 5.74) is 0. The molecule has 0 atom stereocenters. The first-order chi connectivity index (χ1) is 7.90. The summed E-state index contributed by atoms with van der Waals surface area (Å²) in [5, 5.41) is 9.35. The van der Waals surface area contributed by atoms with E-state index >= 15 is 0 Å². The van der Waals surface area contributed by atoms with Crippen LogP contribution in [0.15, 0.2) is 8.68 Å². The van der Waals surface area contributed by atoms with E-state index in [1.807, 2.05) is 6.26 Å². The molecule has 17 heavy (non-hydrogen) atoms. The van der Waals surface area contributed by atoms with Crippen LogP contribution in [0.2, 0.25) is 0 Å². The number of alkyl halides is 3. The smallest absolute Gasteiger partial charge is 0.346 e. The van der Waals surface area contributed by atoms with E-state index in [0.29, 0.717) is 4.34 Å². The summed E-state index contributed by atoms with van der Waals surface area (Å²) in [7, 11) is 0. The average Bonchev–Trinajstić information content (AvgIpc) is 2.70. The molecule has 0 aliphatic heterocycles. The third-order valence-corrected chi connectivity index (χ3v) is 4.41. The van der Waals surface area contributed by atoms with Crippen LogP contribution in [-0.2, 0) is 4.79 Å². The van der Waals surface area contributed by atoms with E-state index in [9.17, 15) is 18.0 Å². The van der Waals surface area contributed by atoms with Gasteiger partial charge in [-0.3, -0.25) is 4.79 Å². The molecule has 0 saturated heterocycles. The maximum absolute atomic E-state index is 11.8. The van der Waals surface area contributed by atoms with Crippen molar-refractivity contribution in [1.29, 1.82) is 0 Å². The number of nitrogens with one attached hydrogen (secondary N) is 1. The molecule has 0 unspecified atom stereocenters. The minimum absolute atomic E-state index is 0.0981. The van der Waals surface area contributed by atoms with Gasteiger partial charge in [-0.25, -0.2) is 0 Å². The SMILES string of the molecule is CSc1nnc(SCC(=O)NCC(F)(F)F)s1. The number of carbonyl (C=O) groups is 1. The number of rotatable bonds is 5. The minimum Gasteiger partial charge on any atom is -0.346 e. The first-order valence-corrected chi connectivity index (χ1v) is 7.27. The number of halogens is 3. The largest absolute Gasteiger partial charge is 0.405 e. The normalized spacial score (nSPS) is 11.5. The van der Waals surface area contributed by atoms with Gasteiger partial charge in [-0.2, -0.15) is 13.2 Å². The third kappa shape index (κ3) is 6.13. The zero-order chi connectivity index (χ0) is 12.9. The molecule has 1 amide bonds. The van der Waals surface area contributed by atoms with Gasteiger partial charge in [0.25, 0.3) is 0 Å². The topological polar surface area (TPSA) is 54.9 Å². The number of carbonyl (C=O) groups excluding carboxylic acids is 1. The van der Waals surface area contributed by atoms with Gasteiger partial charge in [0, 0.05) is 0 Å². The molecule has 96 valence electrons. The van der Waals surface area contributed by atoms with Crippen LogP contribution in [0, 0.1) is 0 Å². The van der Waals surface area contributed by atoms with Crippen molar-refractivity contribution in [3.05, 3.63) is 0 Å². The Balaban J connectivity index is 2.28. The zero-order valence-electron chi connectivity index (χ0n) is 8.58. The molecule has 1 N–H and O–H groups in total. The molecule has 0 aliphatic carbocycles. The number of aromatic nitrogens is 2. The van der Waals surface area contributed by atoms with E-state index in [0.717, 1.165) is 16.1 Å². The van der Waals surface area contributed by atoms with E-state index in [1.165, 1.54) is 23.1 Å².